The maximum Gasteiger partial charge on any atom is 0.254 e. The van der Waals surface area contributed by atoms with Gasteiger partial charge in [-0.05, 0) is 59.9 Å². The number of aromatic nitrogens is 4. The van der Waals surface area contributed by atoms with Crippen molar-refractivity contribution < 1.29 is 9.59 Å². The van der Waals surface area contributed by atoms with Crippen LogP contribution in [0.5, 0.6) is 0 Å². The van der Waals surface area contributed by atoms with Gasteiger partial charge in [0.15, 0.2) is 5.82 Å². The number of likely N-dealkylation sites (tertiary alicyclic amines) is 1. The van der Waals surface area contributed by atoms with E-state index >= 15 is 0 Å². The minimum absolute atomic E-state index is 0.0564. The van der Waals surface area contributed by atoms with Crippen molar-refractivity contribution in [2.75, 3.05) is 5.32 Å². The van der Waals surface area contributed by atoms with Crippen LogP contribution in [-0.4, -0.2) is 49.0 Å². The first-order valence-electron chi connectivity index (χ1n) is 11.1. The smallest absolute Gasteiger partial charge is 0.254 e. The van der Waals surface area contributed by atoms with Gasteiger partial charge in [0, 0.05) is 29.9 Å². The van der Waals surface area contributed by atoms with Gasteiger partial charge in [0.1, 0.15) is 6.04 Å². The summed E-state index contributed by atoms with van der Waals surface area (Å²) in [7, 11) is 1.77. The number of carbonyl (C=O) groups excluding carboxylic acids is 2. The molecule has 2 amide bonds. The number of fused-ring (bicyclic) bond motifs is 1. The lowest BCUT2D eigenvalue weighted by molar-refractivity contribution is -0.120. The van der Waals surface area contributed by atoms with Gasteiger partial charge in [-0.3, -0.25) is 9.59 Å². The lowest BCUT2D eigenvalue weighted by Gasteiger charge is -2.33. The van der Waals surface area contributed by atoms with Crippen LogP contribution in [0.25, 0.3) is 11.4 Å². The number of tetrazole rings is 1. The molecule has 1 N–H and O–H groups in total. The quantitative estimate of drug-likeness (QED) is 0.686. The first-order valence-corrected chi connectivity index (χ1v) is 11.1. The van der Waals surface area contributed by atoms with Crippen LogP contribution in [0.15, 0.2) is 54.6 Å². The Morgan fingerprint density at radius 3 is 2.62 bits per heavy atom. The standard InChI is InChI=1S/C24H26N6O2/c1-29-22(26-27-28-29)18-11-7-12-19(14-18)25-23(31)21-15-17-10-5-6-13-20(17)30(21)24(32)16-8-3-2-4-9-16/h2-4,7-9,11-12,14,17,20-21H,5-6,10,13,15H2,1H3,(H,25,31). The predicted molar refractivity (Wildman–Crippen MR) is 120 cm³/mol. The molecule has 1 saturated heterocycles. The summed E-state index contributed by atoms with van der Waals surface area (Å²) in [6.45, 7) is 0. The highest BCUT2D eigenvalue weighted by atomic mass is 16.2. The first kappa shape index (κ1) is 20.4. The number of amides is 2. The molecule has 1 aliphatic carbocycles. The molecule has 8 nitrogen and oxygen atoms in total. The van der Waals surface area contributed by atoms with Gasteiger partial charge in [-0.2, -0.15) is 0 Å². The van der Waals surface area contributed by atoms with E-state index in [2.05, 4.69) is 20.8 Å². The van der Waals surface area contributed by atoms with Crippen molar-refractivity contribution in [3.05, 3.63) is 60.2 Å². The summed E-state index contributed by atoms with van der Waals surface area (Å²) in [4.78, 5) is 28.7. The topological polar surface area (TPSA) is 93.0 Å². The number of hydrogen-bond acceptors (Lipinski definition) is 5. The second kappa shape index (κ2) is 8.53. The molecule has 1 saturated carbocycles. The zero-order valence-electron chi connectivity index (χ0n) is 18.0. The van der Waals surface area contributed by atoms with Crippen LogP contribution in [0.4, 0.5) is 5.69 Å². The molecule has 2 fully saturated rings. The van der Waals surface area contributed by atoms with E-state index in [1.807, 2.05) is 59.5 Å². The van der Waals surface area contributed by atoms with Crippen LogP contribution in [-0.2, 0) is 11.8 Å². The summed E-state index contributed by atoms with van der Waals surface area (Å²) < 4.78 is 1.59. The molecule has 164 valence electrons. The number of aryl methyl sites for hydroxylation is 1. The number of benzene rings is 2. The largest absolute Gasteiger partial charge is 0.324 e. The van der Waals surface area contributed by atoms with Crippen molar-refractivity contribution in [1.82, 2.24) is 25.1 Å². The molecule has 0 bridgehead atoms. The maximum atomic E-state index is 13.4. The highest BCUT2D eigenvalue weighted by Crippen LogP contribution is 2.41. The average Bonchev–Trinajstić information content (AvgIpc) is 3.43. The third-order valence-electron chi connectivity index (χ3n) is 6.65. The highest BCUT2D eigenvalue weighted by molar-refractivity contribution is 6.02. The van der Waals surface area contributed by atoms with Gasteiger partial charge in [-0.1, -0.05) is 43.2 Å². The van der Waals surface area contributed by atoms with Crippen molar-refractivity contribution in [1.29, 1.82) is 0 Å². The second-order valence-corrected chi connectivity index (χ2v) is 8.64. The molecule has 3 atom stereocenters. The van der Waals surface area contributed by atoms with Crippen molar-refractivity contribution in [3.8, 4) is 11.4 Å². The van der Waals surface area contributed by atoms with E-state index in [4.69, 9.17) is 0 Å². The number of nitrogens with one attached hydrogen (secondary N) is 1. The van der Waals surface area contributed by atoms with Crippen LogP contribution in [0.3, 0.4) is 0 Å². The Hall–Kier alpha value is -3.55. The molecule has 3 unspecified atom stereocenters. The van der Waals surface area contributed by atoms with Gasteiger partial charge in [-0.25, -0.2) is 4.68 Å². The van der Waals surface area contributed by atoms with E-state index in [0.717, 1.165) is 31.2 Å². The van der Waals surface area contributed by atoms with E-state index in [-0.39, 0.29) is 17.9 Å². The summed E-state index contributed by atoms with van der Waals surface area (Å²) in [5, 5.41) is 14.6. The molecular formula is C24H26N6O2. The highest BCUT2D eigenvalue weighted by Gasteiger charge is 2.47. The molecule has 0 radical (unpaired) electrons. The third kappa shape index (κ3) is 3.77. The fourth-order valence-electron chi connectivity index (χ4n) is 5.15. The molecule has 1 aliphatic heterocycles. The molecule has 2 heterocycles. The van der Waals surface area contributed by atoms with Crippen LogP contribution in [0.1, 0.15) is 42.5 Å². The molecule has 1 aromatic heterocycles. The fourth-order valence-corrected chi connectivity index (χ4v) is 5.15. The van der Waals surface area contributed by atoms with Crippen molar-refractivity contribution in [3.63, 3.8) is 0 Å². The second-order valence-electron chi connectivity index (χ2n) is 8.64. The van der Waals surface area contributed by atoms with Gasteiger partial charge < -0.3 is 10.2 Å². The number of anilines is 1. The summed E-state index contributed by atoms with van der Waals surface area (Å²) in [5.41, 5.74) is 2.11. The molecular weight excluding hydrogens is 404 g/mol. The maximum absolute atomic E-state index is 13.4. The molecule has 2 aliphatic rings. The molecule has 8 heteroatoms. The van der Waals surface area contributed by atoms with Crippen LogP contribution >= 0.6 is 0 Å². The Morgan fingerprint density at radius 1 is 1.03 bits per heavy atom. The summed E-state index contributed by atoms with van der Waals surface area (Å²) >= 11 is 0. The average molecular weight is 431 g/mol. The van der Waals surface area contributed by atoms with Crippen molar-refractivity contribution in [2.24, 2.45) is 13.0 Å². The number of rotatable bonds is 4. The Kier molecular flexibility index (Phi) is 5.43. The van der Waals surface area contributed by atoms with Gasteiger partial charge in [-0.15, -0.1) is 5.10 Å². The number of carbonyl (C=O) groups is 2. The Balaban J connectivity index is 1.40. The van der Waals surface area contributed by atoms with E-state index < -0.39 is 6.04 Å². The Bertz CT molecular complexity index is 1130. The van der Waals surface area contributed by atoms with Crippen LogP contribution < -0.4 is 5.32 Å². The minimum Gasteiger partial charge on any atom is -0.324 e. The minimum atomic E-state index is -0.476. The zero-order chi connectivity index (χ0) is 22.1. The van der Waals surface area contributed by atoms with Gasteiger partial charge >= 0.3 is 0 Å². The van der Waals surface area contributed by atoms with E-state index in [0.29, 0.717) is 29.4 Å². The van der Waals surface area contributed by atoms with E-state index in [1.165, 1.54) is 0 Å². The monoisotopic (exact) mass is 430 g/mol. The summed E-state index contributed by atoms with van der Waals surface area (Å²) in [6, 6.07) is 16.4. The molecule has 0 spiro atoms. The lowest BCUT2D eigenvalue weighted by Crippen LogP contribution is -2.47. The predicted octanol–water partition coefficient (Wildman–Crippen LogP) is 3.29. The van der Waals surface area contributed by atoms with Gasteiger partial charge in [0.05, 0.1) is 0 Å². The first-order chi connectivity index (χ1) is 15.6. The van der Waals surface area contributed by atoms with Crippen molar-refractivity contribution in [2.45, 2.75) is 44.2 Å². The normalized spacial score (nSPS) is 22.4. The summed E-state index contributed by atoms with van der Waals surface area (Å²) in [5.74, 6) is 0.799. The molecule has 3 aromatic rings. The van der Waals surface area contributed by atoms with Crippen LogP contribution in [0.2, 0.25) is 0 Å². The van der Waals surface area contributed by atoms with Crippen LogP contribution in [0, 0.1) is 5.92 Å². The van der Waals surface area contributed by atoms with Gasteiger partial charge in [0.2, 0.25) is 5.91 Å². The number of nitrogens with zero attached hydrogens (tertiary/aromatic N) is 5. The van der Waals surface area contributed by atoms with E-state index in [1.54, 1.807) is 11.7 Å². The van der Waals surface area contributed by atoms with E-state index in [9.17, 15) is 9.59 Å². The van der Waals surface area contributed by atoms with Gasteiger partial charge in [0.25, 0.3) is 5.91 Å². The molecule has 2 aromatic carbocycles. The fraction of sp³-hybridized carbons (Fsp3) is 0.375. The Labute approximate surface area is 186 Å². The number of hydrogen-bond donors (Lipinski definition) is 1. The SMILES string of the molecule is Cn1nnnc1-c1cccc(NC(=O)C2CC3CCCCC3N2C(=O)c2ccccc2)c1. The Morgan fingerprint density at radius 2 is 1.84 bits per heavy atom. The van der Waals surface area contributed by atoms with Crippen molar-refractivity contribution >= 4 is 17.5 Å². The zero-order valence-corrected chi connectivity index (χ0v) is 18.0. The summed E-state index contributed by atoms with van der Waals surface area (Å²) in [6.07, 6.45) is 5.00. The molecule has 5 rings (SSSR count). The molecule has 32 heavy (non-hydrogen) atoms. The lowest BCUT2D eigenvalue weighted by atomic mass is 9.84. The third-order valence-corrected chi connectivity index (χ3v) is 6.65.